The molecular weight excluding hydrogens is 430 g/mol. The highest BCUT2D eigenvalue weighted by atomic mass is 79.9. The molecule has 0 atom stereocenters. The molecule has 0 saturated heterocycles. The van der Waals surface area contributed by atoms with Crippen molar-refractivity contribution in [1.82, 2.24) is 19.6 Å². The first-order chi connectivity index (χ1) is 14.1. The number of hydrogen-bond acceptors (Lipinski definition) is 4. The molecule has 5 rings (SSSR count). The van der Waals surface area contributed by atoms with Gasteiger partial charge in [-0.05, 0) is 75.4 Å². The molecule has 0 aliphatic carbocycles. The zero-order valence-electron chi connectivity index (χ0n) is 15.8. The van der Waals surface area contributed by atoms with Crippen molar-refractivity contribution in [3.05, 3.63) is 82.9 Å². The molecule has 1 aliphatic rings. The molecule has 144 valence electrons. The molecule has 6 nitrogen and oxygen atoms in total. The van der Waals surface area contributed by atoms with Gasteiger partial charge in [0.15, 0.2) is 5.69 Å². The fraction of sp³-hybridized carbons (Fsp3) is 0.136. The van der Waals surface area contributed by atoms with Gasteiger partial charge in [0.2, 0.25) is 0 Å². The number of nitrogens with zero attached hydrogens (tertiary/aromatic N) is 5. The fourth-order valence-electron chi connectivity index (χ4n) is 3.74. The second-order valence-corrected chi connectivity index (χ2v) is 7.94. The molecule has 1 aliphatic heterocycles. The minimum atomic E-state index is -0.104. The van der Waals surface area contributed by atoms with Gasteiger partial charge in [0.1, 0.15) is 0 Å². The Morgan fingerprint density at radius 1 is 1.03 bits per heavy atom. The molecule has 0 N–H and O–H groups in total. The molecule has 0 spiro atoms. The van der Waals surface area contributed by atoms with Crippen molar-refractivity contribution in [3.63, 3.8) is 0 Å². The number of halogens is 1. The predicted molar refractivity (Wildman–Crippen MR) is 116 cm³/mol. The minimum Gasteiger partial charge on any atom is -0.285 e. The summed E-state index contributed by atoms with van der Waals surface area (Å²) in [5.41, 5.74) is 5.79. The average Bonchev–Trinajstić information content (AvgIpc) is 3.17. The third-order valence-corrected chi connectivity index (χ3v) is 5.75. The zero-order chi connectivity index (χ0) is 20.0. The Morgan fingerprint density at radius 2 is 1.86 bits per heavy atom. The van der Waals surface area contributed by atoms with Crippen LogP contribution in [0.1, 0.15) is 16.1 Å². The van der Waals surface area contributed by atoms with E-state index in [0.717, 1.165) is 33.2 Å². The van der Waals surface area contributed by atoms with E-state index in [0.29, 0.717) is 12.2 Å². The van der Waals surface area contributed by atoms with Crippen molar-refractivity contribution in [3.8, 4) is 11.1 Å². The van der Waals surface area contributed by atoms with Gasteiger partial charge in [-0.1, -0.05) is 12.1 Å². The lowest BCUT2D eigenvalue weighted by Crippen LogP contribution is -2.48. The second-order valence-electron chi connectivity index (χ2n) is 7.03. The molecule has 1 aromatic carbocycles. The maximum absolute atomic E-state index is 13.2. The summed E-state index contributed by atoms with van der Waals surface area (Å²) < 4.78 is 2.64. The number of carbonyl (C=O) groups is 1. The zero-order valence-corrected chi connectivity index (χ0v) is 17.4. The van der Waals surface area contributed by atoms with Crippen LogP contribution in [0.3, 0.4) is 0 Å². The van der Waals surface area contributed by atoms with E-state index in [1.165, 1.54) is 5.56 Å². The first-order valence-corrected chi connectivity index (χ1v) is 10.1. The number of pyridine rings is 2. The molecule has 0 bridgehead atoms. The number of benzene rings is 1. The number of hydrazine groups is 1. The summed E-state index contributed by atoms with van der Waals surface area (Å²) in [5.74, 6) is -0.104. The van der Waals surface area contributed by atoms with Crippen LogP contribution in [0, 0.1) is 0 Å². The van der Waals surface area contributed by atoms with Gasteiger partial charge in [-0.25, -0.2) is 9.52 Å². The Kier molecular flexibility index (Phi) is 4.32. The number of rotatable bonds is 2. The van der Waals surface area contributed by atoms with E-state index >= 15 is 0 Å². The van der Waals surface area contributed by atoms with Crippen LogP contribution in [0.4, 0.5) is 5.69 Å². The molecule has 0 unspecified atom stereocenters. The van der Waals surface area contributed by atoms with Crippen LogP contribution in [0.15, 0.2) is 71.6 Å². The highest BCUT2D eigenvalue weighted by Crippen LogP contribution is 2.32. The van der Waals surface area contributed by atoms with Crippen LogP contribution in [0.25, 0.3) is 16.6 Å². The SMILES string of the molecule is CN1c2cc(-c3ccncc3)ccc2CCN1C(=O)c1cc2ccc(Br)cn2n1. The summed E-state index contributed by atoms with van der Waals surface area (Å²) in [6, 6.07) is 16.1. The number of amides is 1. The number of fused-ring (bicyclic) bond motifs is 2. The molecular formula is C22H18BrN5O. The molecule has 0 radical (unpaired) electrons. The average molecular weight is 448 g/mol. The van der Waals surface area contributed by atoms with Gasteiger partial charge in [0, 0.05) is 36.7 Å². The maximum Gasteiger partial charge on any atom is 0.292 e. The van der Waals surface area contributed by atoms with Crippen LogP contribution in [-0.4, -0.2) is 39.1 Å². The third kappa shape index (κ3) is 3.17. The van der Waals surface area contributed by atoms with Crippen molar-refractivity contribution in [2.75, 3.05) is 18.6 Å². The Morgan fingerprint density at radius 3 is 2.69 bits per heavy atom. The second kappa shape index (κ2) is 7.00. The summed E-state index contributed by atoms with van der Waals surface area (Å²) in [5, 5.41) is 8.16. The highest BCUT2D eigenvalue weighted by Gasteiger charge is 2.28. The Labute approximate surface area is 176 Å². The molecule has 29 heavy (non-hydrogen) atoms. The standard InChI is InChI=1S/C22H18BrN5O/c1-26-21-12-17(15-6-9-24-10-7-15)3-2-16(21)8-11-28(26)22(29)20-13-19-5-4-18(23)14-27(19)25-20/h2-7,9-10,12-14H,8,11H2,1H3. The molecule has 0 fully saturated rings. The first kappa shape index (κ1) is 17.9. The van der Waals surface area contributed by atoms with Crippen LogP contribution < -0.4 is 5.01 Å². The molecule has 4 heterocycles. The van der Waals surface area contributed by atoms with E-state index in [1.54, 1.807) is 21.9 Å². The van der Waals surface area contributed by atoms with Gasteiger partial charge in [-0.15, -0.1) is 0 Å². The van der Waals surface area contributed by atoms with Gasteiger partial charge in [0.05, 0.1) is 11.2 Å². The number of hydrogen-bond donors (Lipinski definition) is 0. The van der Waals surface area contributed by atoms with E-state index in [2.05, 4.69) is 44.2 Å². The summed E-state index contributed by atoms with van der Waals surface area (Å²) >= 11 is 3.44. The van der Waals surface area contributed by atoms with Crippen molar-refractivity contribution < 1.29 is 4.79 Å². The van der Waals surface area contributed by atoms with Crippen LogP contribution in [-0.2, 0) is 6.42 Å². The number of aromatic nitrogens is 3. The molecule has 1 amide bonds. The van der Waals surface area contributed by atoms with E-state index < -0.39 is 0 Å². The predicted octanol–water partition coefficient (Wildman–Crippen LogP) is 4.21. The summed E-state index contributed by atoms with van der Waals surface area (Å²) in [6.07, 6.45) is 6.23. The lowest BCUT2D eigenvalue weighted by Gasteiger charge is -2.38. The quantitative estimate of drug-likeness (QED) is 0.461. The topological polar surface area (TPSA) is 53.7 Å². The largest absolute Gasteiger partial charge is 0.292 e. The van der Waals surface area contributed by atoms with Gasteiger partial charge >= 0.3 is 0 Å². The smallest absolute Gasteiger partial charge is 0.285 e. The maximum atomic E-state index is 13.2. The Bertz CT molecular complexity index is 1220. The van der Waals surface area contributed by atoms with Crippen molar-refractivity contribution >= 4 is 33.0 Å². The minimum absolute atomic E-state index is 0.104. The number of carbonyl (C=O) groups excluding carboxylic acids is 1. The third-order valence-electron chi connectivity index (χ3n) is 5.28. The van der Waals surface area contributed by atoms with Crippen molar-refractivity contribution in [2.45, 2.75) is 6.42 Å². The van der Waals surface area contributed by atoms with E-state index in [4.69, 9.17) is 0 Å². The van der Waals surface area contributed by atoms with E-state index in [-0.39, 0.29) is 5.91 Å². The van der Waals surface area contributed by atoms with Gasteiger partial charge < -0.3 is 0 Å². The van der Waals surface area contributed by atoms with Crippen LogP contribution >= 0.6 is 15.9 Å². The first-order valence-electron chi connectivity index (χ1n) is 9.34. The lowest BCUT2D eigenvalue weighted by molar-refractivity contribution is 0.0732. The molecule has 3 aromatic heterocycles. The van der Waals surface area contributed by atoms with Crippen molar-refractivity contribution in [2.24, 2.45) is 0 Å². The molecule has 7 heteroatoms. The normalized spacial score (nSPS) is 13.6. The van der Waals surface area contributed by atoms with Gasteiger partial charge in [-0.2, -0.15) is 5.10 Å². The van der Waals surface area contributed by atoms with Crippen molar-refractivity contribution in [1.29, 1.82) is 0 Å². The van der Waals surface area contributed by atoms with E-state index in [9.17, 15) is 4.79 Å². The number of anilines is 1. The van der Waals surface area contributed by atoms with Crippen LogP contribution in [0.2, 0.25) is 0 Å². The monoisotopic (exact) mass is 447 g/mol. The van der Waals surface area contributed by atoms with Gasteiger partial charge in [0.25, 0.3) is 5.91 Å². The fourth-order valence-corrected chi connectivity index (χ4v) is 4.07. The molecule has 0 saturated carbocycles. The molecule has 4 aromatic rings. The van der Waals surface area contributed by atoms with Gasteiger partial charge in [-0.3, -0.25) is 14.8 Å². The highest BCUT2D eigenvalue weighted by molar-refractivity contribution is 9.10. The lowest BCUT2D eigenvalue weighted by atomic mass is 10.00. The summed E-state index contributed by atoms with van der Waals surface area (Å²) in [6.45, 7) is 0.620. The van der Waals surface area contributed by atoms with Crippen LogP contribution in [0.5, 0.6) is 0 Å². The Balaban J connectivity index is 1.48. The Hall–Kier alpha value is -3.19. The van der Waals surface area contributed by atoms with E-state index in [1.807, 2.05) is 48.6 Å². The summed E-state index contributed by atoms with van der Waals surface area (Å²) in [7, 11) is 1.93. The summed E-state index contributed by atoms with van der Waals surface area (Å²) in [4.78, 5) is 17.3.